The smallest absolute Gasteiger partial charge is 0.257 e. The van der Waals surface area contributed by atoms with E-state index in [0.717, 1.165) is 11.3 Å². The van der Waals surface area contributed by atoms with E-state index in [2.05, 4.69) is 29.4 Å². The molecule has 0 aliphatic heterocycles. The van der Waals surface area contributed by atoms with Crippen molar-refractivity contribution in [1.82, 2.24) is 10.2 Å². The predicted octanol–water partition coefficient (Wildman–Crippen LogP) is 2.29. The summed E-state index contributed by atoms with van der Waals surface area (Å²) in [5.74, 6) is 0.731. The molecule has 0 unspecified atom stereocenters. The maximum absolute atomic E-state index is 12.3. The molecular formula is C15H20N4O. The lowest BCUT2D eigenvalue weighted by Crippen LogP contribution is -2.16. The number of carbonyl (C=O) groups excluding carboxylic acids is 1. The zero-order chi connectivity index (χ0) is 14.5. The Kier molecular flexibility index (Phi) is 4.53. The van der Waals surface area contributed by atoms with Crippen LogP contribution in [0.4, 0.5) is 5.82 Å². The highest BCUT2D eigenvalue weighted by molar-refractivity contribution is 6.04. The van der Waals surface area contributed by atoms with Crippen LogP contribution >= 0.6 is 0 Å². The van der Waals surface area contributed by atoms with E-state index in [-0.39, 0.29) is 5.91 Å². The molecule has 0 saturated carbocycles. The van der Waals surface area contributed by atoms with Gasteiger partial charge in [0.15, 0.2) is 5.82 Å². The summed E-state index contributed by atoms with van der Waals surface area (Å²) in [6.45, 7) is 4.65. The Hall–Kier alpha value is -2.14. The maximum Gasteiger partial charge on any atom is 0.257 e. The van der Waals surface area contributed by atoms with Crippen molar-refractivity contribution in [1.29, 1.82) is 0 Å². The highest BCUT2D eigenvalue weighted by Crippen LogP contribution is 2.16. The molecule has 0 aliphatic carbocycles. The SMILES string of the molecule is CC(C)c1cc(NC(=O)c2ccccc2CCN)n[nH]1. The maximum atomic E-state index is 12.3. The van der Waals surface area contributed by atoms with Crippen LogP contribution in [0.2, 0.25) is 0 Å². The van der Waals surface area contributed by atoms with Crippen molar-refractivity contribution in [2.24, 2.45) is 5.73 Å². The Bertz CT molecular complexity index is 589. The number of nitrogens with one attached hydrogen (secondary N) is 2. The lowest BCUT2D eigenvalue weighted by molar-refractivity contribution is 0.102. The first kappa shape index (κ1) is 14.3. The largest absolute Gasteiger partial charge is 0.330 e. The summed E-state index contributed by atoms with van der Waals surface area (Å²) in [7, 11) is 0. The highest BCUT2D eigenvalue weighted by atomic mass is 16.1. The second-order valence-electron chi connectivity index (χ2n) is 5.01. The first-order valence-corrected chi connectivity index (χ1v) is 6.76. The van der Waals surface area contributed by atoms with Crippen LogP contribution in [0.1, 0.15) is 41.4 Å². The number of benzene rings is 1. The van der Waals surface area contributed by atoms with E-state index >= 15 is 0 Å². The molecule has 2 rings (SSSR count). The monoisotopic (exact) mass is 272 g/mol. The Labute approximate surface area is 118 Å². The Balaban J connectivity index is 2.15. The fraction of sp³-hybridized carbons (Fsp3) is 0.333. The molecule has 5 nitrogen and oxygen atoms in total. The number of hydrogen-bond acceptors (Lipinski definition) is 3. The first-order valence-electron chi connectivity index (χ1n) is 6.76. The molecule has 4 N–H and O–H groups in total. The lowest BCUT2D eigenvalue weighted by Gasteiger charge is -2.07. The van der Waals surface area contributed by atoms with Gasteiger partial charge in [-0.15, -0.1) is 0 Å². The van der Waals surface area contributed by atoms with Crippen molar-refractivity contribution in [2.75, 3.05) is 11.9 Å². The third-order valence-corrected chi connectivity index (χ3v) is 3.14. The van der Waals surface area contributed by atoms with Crippen molar-refractivity contribution in [3.63, 3.8) is 0 Å². The van der Waals surface area contributed by atoms with E-state index in [1.165, 1.54) is 0 Å². The van der Waals surface area contributed by atoms with Gasteiger partial charge in [0.25, 0.3) is 5.91 Å². The lowest BCUT2D eigenvalue weighted by atomic mass is 10.0. The van der Waals surface area contributed by atoms with Gasteiger partial charge in [-0.25, -0.2) is 0 Å². The molecule has 5 heteroatoms. The predicted molar refractivity (Wildman–Crippen MR) is 79.8 cm³/mol. The molecule has 0 bridgehead atoms. The van der Waals surface area contributed by atoms with E-state index < -0.39 is 0 Å². The number of H-pyrrole nitrogens is 1. The molecule has 0 saturated heterocycles. The minimum absolute atomic E-state index is 0.157. The topological polar surface area (TPSA) is 83.8 Å². The molecule has 1 heterocycles. The molecule has 0 fully saturated rings. The number of rotatable bonds is 5. The summed E-state index contributed by atoms with van der Waals surface area (Å²) in [5.41, 5.74) is 8.16. The minimum atomic E-state index is -0.157. The number of hydrogen-bond donors (Lipinski definition) is 3. The van der Waals surface area contributed by atoms with Gasteiger partial charge in [-0.1, -0.05) is 32.0 Å². The summed E-state index contributed by atoms with van der Waals surface area (Å²) < 4.78 is 0. The Morgan fingerprint density at radius 2 is 2.15 bits per heavy atom. The van der Waals surface area contributed by atoms with Gasteiger partial charge < -0.3 is 11.1 Å². The van der Waals surface area contributed by atoms with Crippen molar-refractivity contribution < 1.29 is 4.79 Å². The fourth-order valence-corrected chi connectivity index (χ4v) is 2.00. The number of nitrogens with zero attached hydrogens (tertiary/aromatic N) is 1. The normalized spacial score (nSPS) is 10.8. The van der Waals surface area contributed by atoms with Gasteiger partial charge in [0.05, 0.1) is 0 Å². The standard InChI is InChI=1S/C15H20N4O/c1-10(2)13-9-14(19-18-13)17-15(20)12-6-4-3-5-11(12)7-8-16/h3-6,9-10H,7-8,16H2,1-2H3,(H2,17,18,19,20). The number of aromatic nitrogens is 2. The molecule has 1 aromatic carbocycles. The van der Waals surface area contributed by atoms with E-state index in [4.69, 9.17) is 5.73 Å². The van der Waals surface area contributed by atoms with Gasteiger partial charge in [0, 0.05) is 17.3 Å². The van der Waals surface area contributed by atoms with Crippen LogP contribution < -0.4 is 11.1 Å². The van der Waals surface area contributed by atoms with E-state index in [9.17, 15) is 4.79 Å². The van der Waals surface area contributed by atoms with Crippen molar-refractivity contribution in [3.8, 4) is 0 Å². The molecule has 1 aromatic heterocycles. The molecule has 1 amide bonds. The summed E-state index contributed by atoms with van der Waals surface area (Å²) in [6, 6.07) is 9.34. The summed E-state index contributed by atoms with van der Waals surface area (Å²) in [4.78, 5) is 12.3. The average molecular weight is 272 g/mol. The van der Waals surface area contributed by atoms with Crippen LogP contribution in [0.3, 0.4) is 0 Å². The third kappa shape index (κ3) is 3.24. The summed E-state index contributed by atoms with van der Waals surface area (Å²) >= 11 is 0. The summed E-state index contributed by atoms with van der Waals surface area (Å²) in [5, 5.41) is 9.82. The van der Waals surface area contributed by atoms with E-state index in [1.54, 1.807) is 6.07 Å². The van der Waals surface area contributed by atoms with Gasteiger partial charge in [0.1, 0.15) is 0 Å². The molecular weight excluding hydrogens is 252 g/mol. The van der Waals surface area contributed by atoms with Crippen molar-refractivity contribution in [2.45, 2.75) is 26.2 Å². The van der Waals surface area contributed by atoms with Crippen LogP contribution in [-0.2, 0) is 6.42 Å². The second kappa shape index (κ2) is 6.34. The average Bonchev–Trinajstić information content (AvgIpc) is 2.88. The highest BCUT2D eigenvalue weighted by Gasteiger charge is 2.12. The van der Waals surface area contributed by atoms with Crippen molar-refractivity contribution >= 4 is 11.7 Å². The van der Waals surface area contributed by atoms with Crippen LogP contribution in [0.15, 0.2) is 30.3 Å². The fourth-order valence-electron chi connectivity index (χ4n) is 2.00. The van der Waals surface area contributed by atoms with Gasteiger partial charge >= 0.3 is 0 Å². The van der Waals surface area contributed by atoms with Crippen LogP contribution in [0.25, 0.3) is 0 Å². The number of aromatic amines is 1. The Morgan fingerprint density at radius 1 is 1.40 bits per heavy atom. The molecule has 106 valence electrons. The van der Waals surface area contributed by atoms with Crippen LogP contribution in [0, 0.1) is 0 Å². The molecule has 0 aliphatic rings. The number of amides is 1. The zero-order valence-electron chi connectivity index (χ0n) is 11.8. The molecule has 0 radical (unpaired) electrons. The third-order valence-electron chi connectivity index (χ3n) is 3.14. The second-order valence-corrected chi connectivity index (χ2v) is 5.01. The van der Waals surface area contributed by atoms with Gasteiger partial charge in [-0.05, 0) is 30.5 Å². The minimum Gasteiger partial charge on any atom is -0.330 e. The Morgan fingerprint density at radius 3 is 2.80 bits per heavy atom. The number of anilines is 1. The van der Waals surface area contributed by atoms with Gasteiger partial charge in [-0.2, -0.15) is 5.10 Å². The molecule has 0 spiro atoms. The van der Waals surface area contributed by atoms with Crippen LogP contribution in [0.5, 0.6) is 0 Å². The molecule has 20 heavy (non-hydrogen) atoms. The summed E-state index contributed by atoms with van der Waals surface area (Å²) in [6.07, 6.45) is 0.682. The number of carbonyl (C=O) groups is 1. The zero-order valence-corrected chi connectivity index (χ0v) is 11.8. The van der Waals surface area contributed by atoms with Gasteiger partial charge in [-0.3, -0.25) is 9.89 Å². The van der Waals surface area contributed by atoms with Gasteiger partial charge in [0.2, 0.25) is 0 Å². The first-order chi connectivity index (χ1) is 9.61. The van der Waals surface area contributed by atoms with Crippen molar-refractivity contribution in [3.05, 3.63) is 47.2 Å². The van der Waals surface area contributed by atoms with E-state index in [1.807, 2.05) is 24.3 Å². The quantitative estimate of drug-likeness (QED) is 0.780. The van der Waals surface area contributed by atoms with Crippen LogP contribution in [-0.4, -0.2) is 22.6 Å². The molecule has 0 atom stereocenters. The molecule has 2 aromatic rings. The number of nitrogens with two attached hydrogens (primary N) is 1. The van der Waals surface area contributed by atoms with E-state index in [0.29, 0.717) is 30.3 Å².